The van der Waals surface area contributed by atoms with Gasteiger partial charge in [-0.1, -0.05) is 34.1 Å². The van der Waals surface area contributed by atoms with Crippen molar-refractivity contribution in [3.05, 3.63) is 36.1 Å². The van der Waals surface area contributed by atoms with Gasteiger partial charge in [0.05, 0.1) is 12.7 Å². The zero-order valence-corrected chi connectivity index (χ0v) is 13.3. The van der Waals surface area contributed by atoms with Gasteiger partial charge >= 0.3 is 0 Å². The fraction of sp³-hybridized carbons (Fsp3) is 0.438. The van der Waals surface area contributed by atoms with Crippen LogP contribution < -0.4 is 0 Å². The molecule has 5 heteroatoms. The smallest absolute Gasteiger partial charge is 0.289 e. The second kappa shape index (κ2) is 6.62. The van der Waals surface area contributed by atoms with Gasteiger partial charge in [-0.3, -0.25) is 4.79 Å². The van der Waals surface area contributed by atoms with E-state index in [1.807, 2.05) is 35.2 Å². The second-order valence-electron chi connectivity index (χ2n) is 5.20. The fourth-order valence-corrected chi connectivity index (χ4v) is 2.87. The molecular weight excluding hydrogens is 334 g/mol. The standard InChI is InChI=1S/C16H18BrNO3/c17-7-10-20-13-5-8-18(9-6-13)16(19)15-11-12-3-1-2-4-14(12)21-15/h1-4,11,13H,5-10H2. The summed E-state index contributed by atoms with van der Waals surface area (Å²) in [6.07, 6.45) is 2.04. The lowest BCUT2D eigenvalue weighted by molar-refractivity contribution is 0.0151. The van der Waals surface area contributed by atoms with Gasteiger partial charge in [0.15, 0.2) is 5.76 Å². The van der Waals surface area contributed by atoms with E-state index >= 15 is 0 Å². The van der Waals surface area contributed by atoms with E-state index in [1.165, 1.54) is 0 Å². The molecule has 1 aromatic carbocycles. The van der Waals surface area contributed by atoms with Gasteiger partial charge in [0.1, 0.15) is 5.58 Å². The van der Waals surface area contributed by atoms with Crippen molar-refractivity contribution < 1.29 is 13.9 Å². The number of hydrogen-bond donors (Lipinski definition) is 0. The molecule has 1 fully saturated rings. The van der Waals surface area contributed by atoms with Crippen molar-refractivity contribution in [3.63, 3.8) is 0 Å². The largest absolute Gasteiger partial charge is 0.451 e. The SMILES string of the molecule is O=C(c1cc2ccccc2o1)N1CCC(OCCBr)CC1. The highest BCUT2D eigenvalue weighted by molar-refractivity contribution is 9.09. The number of fused-ring (bicyclic) bond motifs is 1. The first kappa shape index (κ1) is 14.6. The number of carbonyl (C=O) groups excluding carboxylic acids is 1. The third-order valence-electron chi connectivity index (χ3n) is 3.80. The molecule has 1 amide bonds. The average molecular weight is 352 g/mol. The van der Waals surface area contributed by atoms with Crippen molar-refractivity contribution in [2.75, 3.05) is 25.0 Å². The van der Waals surface area contributed by atoms with E-state index in [4.69, 9.17) is 9.15 Å². The number of benzene rings is 1. The minimum absolute atomic E-state index is 0.0230. The molecule has 1 aliphatic heterocycles. The number of alkyl halides is 1. The number of nitrogens with zero attached hydrogens (tertiary/aromatic N) is 1. The number of likely N-dealkylation sites (tertiary alicyclic amines) is 1. The molecule has 4 nitrogen and oxygen atoms in total. The average Bonchev–Trinajstić information content (AvgIpc) is 2.96. The van der Waals surface area contributed by atoms with Gasteiger partial charge in [0.2, 0.25) is 0 Å². The summed E-state index contributed by atoms with van der Waals surface area (Å²) in [6, 6.07) is 9.51. The monoisotopic (exact) mass is 351 g/mol. The molecule has 0 bridgehead atoms. The van der Waals surface area contributed by atoms with Crippen molar-refractivity contribution >= 4 is 32.8 Å². The quantitative estimate of drug-likeness (QED) is 0.792. The van der Waals surface area contributed by atoms with E-state index < -0.39 is 0 Å². The molecule has 0 saturated carbocycles. The molecule has 1 aromatic heterocycles. The van der Waals surface area contributed by atoms with Crippen LogP contribution in [0, 0.1) is 0 Å². The molecule has 21 heavy (non-hydrogen) atoms. The summed E-state index contributed by atoms with van der Waals surface area (Å²) in [5.74, 6) is 0.404. The molecule has 1 saturated heterocycles. The van der Waals surface area contributed by atoms with Crippen LogP contribution in [0.25, 0.3) is 11.0 Å². The van der Waals surface area contributed by atoms with Gasteiger partial charge < -0.3 is 14.1 Å². The van der Waals surface area contributed by atoms with E-state index in [-0.39, 0.29) is 12.0 Å². The number of amides is 1. The third kappa shape index (κ3) is 3.30. The highest BCUT2D eigenvalue weighted by atomic mass is 79.9. The fourth-order valence-electron chi connectivity index (χ4n) is 2.68. The van der Waals surface area contributed by atoms with Crippen LogP contribution in [0.2, 0.25) is 0 Å². The van der Waals surface area contributed by atoms with Crippen molar-refractivity contribution in [3.8, 4) is 0 Å². The summed E-state index contributed by atoms with van der Waals surface area (Å²) in [6.45, 7) is 2.17. The van der Waals surface area contributed by atoms with Crippen LogP contribution in [0.15, 0.2) is 34.7 Å². The molecule has 1 aliphatic rings. The van der Waals surface area contributed by atoms with Gasteiger partial charge in [0, 0.05) is 23.8 Å². The molecule has 0 aliphatic carbocycles. The van der Waals surface area contributed by atoms with Crippen LogP contribution in [0.5, 0.6) is 0 Å². The molecule has 0 unspecified atom stereocenters. The third-order valence-corrected chi connectivity index (χ3v) is 4.12. The number of furan rings is 1. The predicted molar refractivity (Wildman–Crippen MR) is 84.9 cm³/mol. The summed E-state index contributed by atoms with van der Waals surface area (Å²) in [5, 5.41) is 1.82. The molecule has 0 N–H and O–H groups in total. The minimum atomic E-state index is -0.0230. The topological polar surface area (TPSA) is 42.7 Å². The van der Waals surface area contributed by atoms with Crippen LogP contribution >= 0.6 is 15.9 Å². The van der Waals surface area contributed by atoms with Crippen LogP contribution in [0.3, 0.4) is 0 Å². The Morgan fingerprint density at radius 2 is 2.10 bits per heavy atom. The molecule has 0 atom stereocenters. The molecule has 2 aromatic rings. The number of rotatable bonds is 4. The van der Waals surface area contributed by atoms with E-state index in [1.54, 1.807) is 0 Å². The summed E-state index contributed by atoms with van der Waals surface area (Å²) in [7, 11) is 0. The molecule has 0 radical (unpaired) electrons. The molecule has 112 valence electrons. The van der Waals surface area contributed by atoms with E-state index in [0.29, 0.717) is 5.76 Å². The summed E-state index contributed by atoms with van der Waals surface area (Å²) >= 11 is 3.36. The summed E-state index contributed by atoms with van der Waals surface area (Å²) in [4.78, 5) is 14.3. The first-order chi connectivity index (χ1) is 10.3. The van der Waals surface area contributed by atoms with Gasteiger partial charge in [-0.05, 0) is 25.0 Å². The normalized spacial score (nSPS) is 16.5. The van der Waals surface area contributed by atoms with Crippen LogP contribution in [0.4, 0.5) is 0 Å². The van der Waals surface area contributed by atoms with Crippen molar-refractivity contribution in [1.29, 1.82) is 0 Å². The summed E-state index contributed by atoms with van der Waals surface area (Å²) in [5.41, 5.74) is 0.761. The Hall–Kier alpha value is -1.33. The Kier molecular flexibility index (Phi) is 4.60. The molecule has 0 spiro atoms. The highest BCUT2D eigenvalue weighted by Crippen LogP contribution is 2.22. The van der Waals surface area contributed by atoms with Crippen LogP contribution in [-0.2, 0) is 4.74 Å². The van der Waals surface area contributed by atoms with Crippen molar-refractivity contribution in [1.82, 2.24) is 4.90 Å². The van der Waals surface area contributed by atoms with Crippen LogP contribution in [0.1, 0.15) is 23.4 Å². The maximum absolute atomic E-state index is 12.5. The zero-order chi connectivity index (χ0) is 14.7. The van der Waals surface area contributed by atoms with Gasteiger partial charge in [-0.25, -0.2) is 0 Å². The zero-order valence-electron chi connectivity index (χ0n) is 11.8. The minimum Gasteiger partial charge on any atom is -0.451 e. The molecular formula is C16H18BrNO3. The van der Waals surface area contributed by atoms with Crippen LogP contribution in [-0.4, -0.2) is 41.9 Å². The summed E-state index contributed by atoms with van der Waals surface area (Å²) < 4.78 is 11.4. The first-order valence-electron chi connectivity index (χ1n) is 7.23. The molecule has 2 heterocycles. The lowest BCUT2D eigenvalue weighted by atomic mass is 10.1. The highest BCUT2D eigenvalue weighted by Gasteiger charge is 2.25. The maximum Gasteiger partial charge on any atom is 0.289 e. The number of carbonyl (C=O) groups is 1. The Bertz CT molecular complexity index is 584. The Balaban J connectivity index is 1.63. The Morgan fingerprint density at radius 3 is 2.81 bits per heavy atom. The number of halogens is 1. The maximum atomic E-state index is 12.5. The predicted octanol–water partition coefficient (Wildman–Crippen LogP) is 3.45. The van der Waals surface area contributed by atoms with E-state index in [9.17, 15) is 4.79 Å². The first-order valence-corrected chi connectivity index (χ1v) is 8.35. The number of hydrogen-bond acceptors (Lipinski definition) is 3. The molecule has 3 rings (SSSR count). The Morgan fingerprint density at radius 1 is 1.33 bits per heavy atom. The van der Waals surface area contributed by atoms with E-state index in [0.717, 1.165) is 48.8 Å². The Labute approximate surface area is 132 Å². The second-order valence-corrected chi connectivity index (χ2v) is 5.99. The number of ether oxygens (including phenoxy) is 1. The number of para-hydroxylation sites is 1. The van der Waals surface area contributed by atoms with Crippen molar-refractivity contribution in [2.24, 2.45) is 0 Å². The number of piperidine rings is 1. The lowest BCUT2D eigenvalue weighted by Gasteiger charge is -2.31. The van der Waals surface area contributed by atoms with Gasteiger partial charge in [-0.2, -0.15) is 0 Å². The van der Waals surface area contributed by atoms with Gasteiger partial charge in [0.25, 0.3) is 5.91 Å². The lowest BCUT2D eigenvalue weighted by Crippen LogP contribution is -2.40. The van der Waals surface area contributed by atoms with Crippen molar-refractivity contribution in [2.45, 2.75) is 18.9 Å². The van der Waals surface area contributed by atoms with E-state index in [2.05, 4.69) is 15.9 Å². The van der Waals surface area contributed by atoms with Gasteiger partial charge in [-0.15, -0.1) is 0 Å².